The smallest absolute Gasteiger partial charge is 0.207 e. The maximum absolute atomic E-state index is 12.5. The molecule has 0 heterocycles. The highest BCUT2D eigenvalue weighted by Gasteiger charge is 2.46. The monoisotopic (exact) mass is 190 g/mol. The Bertz CT molecular complexity index is 165. The predicted molar refractivity (Wildman–Crippen MR) is 51.0 cm³/mol. The number of halogens is 2. The fraction of sp³-hybridized carbons (Fsp3) is 1.00. The van der Waals surface area contributed by atoms with Crippen molar-refractivity contribution in [2.75, 3.05) is 0 Å². The summed E-state index contributed by atoms with van der Waals surface area (Å²) in [6.07, 6.45) is 3.52. The second-order valence-corrected chi connectivity index (χ2v) is 5.25. The molecule has 0 spiro atoms. The van der Waals surface area contributed by atoms with E-state index < -0.39 is 5.92 Å². The maximum Gasteiger partial charge on any atom is 0.248 e. The van der Waals surface area contributed by atoms with Gasteiger partial charge in [0.25, 0.3) is 0 Å². The molecule has 0 aliphatic heterocycles. The highest BCUT2D eigenvalue weighted by molar-refractivity contribution is 4.89. The molecule has 13 heavy (non-hydrogen) atoms. The fourth-order valence-electron chi connectivity index (χ4n) is 2.49. The lowest BCUT2D eigenvalue weighted by atomic mass is 9.70. The topological polar surface area (TPSA) is 0 Å². The Balaban J connectivity index is 2.26. The van der Waals surface area contributed by atoms with Gasteiger partial charge < -0.3 is 0 Å². The molecule has 0 atom stereocenters. The van der Waals surface area contributed by atoms with E-state index in [2.05, 4.69) is 20.8 Å². The summed E-state index contributed by atoms with van der Waals surface area (Å²) in [7, 11) is 0. The zero-order valence-electron chi connectivity index (χ0n) is 8.87. The lowest BCUT2D eigenvalue weighted by Gasteiger charge is -2.39. The van der Waals surface area contributed by atoms with Gasteiger partial charge in [-0.05, 0) is 24.2 Å². The van der Waals surface area contributed by atoms with Gasteiger partial charge in [-0.2, -0.15) is 0 Å². The molecule has 0 N–H and O–H groups in total. The summed E-state index contributed by atoms with van der Waals surface area (Å²) >= 11 is 0. The van der Waals surface area contributed by atoms with Gasteiger partial charge in [-0.1, -0.05) is 27.2 Å². The molecule has 0 aromatic rings. The zero-order valence-corrected chi connectivity index (χ0v) is 8.87. The SMILES string of the molecule is CCCC(C)(C)CC1CC(F)(F)C1. The highest BCUT2D eigenvalue weighted by Crippen LogP contribution is 2.48. The minimum Gasteiger partial charge on any atom is -0.207 e. The molecule has 1 aliphatic carbocycles. The van der Waals surface area contributed by atoms with Crippen LogP contribution in [-0.4, -0.2) is 5.92 Å². The number of hydrogen-bond donors (Lipinski definition) is 0. The van der Waals surface area contributed by atoms with E-state index in [1.807, 2.05) is 0 Å². The first-order valence-electron chi connectivity index (χ1n) is 5.22. The number of hydrogen-bond acceptors (Lipinski definition) is 0. The van der Waals surface area contributed by atoms with Crippen LogP contribution in [0.5, 0.6) is 0 Å². The van der Waals surface area contributed by atoms with Crippen molar-refractivity contribution in [3.8, 4) is 0 Å². The molecule has 0 amide bonds. The van der Waals surface area contributed by atoms with Crippen LogP contribution in [-0.2, 0) is 0 Å². The molecular formula is C11H20F2. The van der Waals surface area contributed by atoms with Crippen LogP contribution in [0.2, 0.25) is 0 Å². The largest absolute Gasteiger partial charge is 0.248 e. The van der Waals surface area contributed by atoms with Crippen molar-refractivity contribution >= 4 is 0 Å². The Morgan fingerprint density at radius 1 is 1.31 bits per heavy atom. The Labute approximate surface area is 79.7 Å². The van der Waals surface area contributed by atoms with E-state index in [0.29, 0.717) is 0 Å². The van der Waals surface area contributed by atoms with E-state index in [-0.39, 0.29) is 24.2 Å². The maximum atomic E-state index is 12.5. The van der Waals surface area contributed by atoms with Gasteiger partial charge in [0, 0.05) is 12.8 Å². The second-order valence-electron chi connectivity index (χ2n) is 5.25. The average molecular weight is 190 g/mol. The van der Waals surface area contributed by atoms with Gasteiger partial charge >= 0.3 is 0 Å². The van der Waals surface area contributed by atoms with E-state index in [0.717, 1.165) is 19.3 Å². The predicted octanol–water partition coefficient (Wildman–Crippen LogP) is 4.25. The molecular weight excluding hydrogens is 170 g/mol. The lowest BCUT2D eigenvalue weighted by molar-refractivity contribution is -0.119. The van der Waals surface area contributed by atoms with Crippen molar-refractivity contribution < 1.29 is 8.78 Å². The average Bonchev–Trinajstić information content (AvgIpc) is 1.80. The quantitative estimate of drug-likeness (QED) is 0.621. The van der Waals surface area contributed by atoms with Crippen molar-refractivity contribution in [1.82, 2.24) is 0 Å². The van der Waals surface area contributed by atoms with Crippen LogP contribution in [0.4, 0.5) is 8.78 Å². The van der Waals surface area contributed by atoms with E-state index in [1.165, 1.54) is 0 Å². The molecule has 2 heteroatoms. The van der Waals surface area contributed by atoms with Crippen LogP contribution in [0.25, 0.3) is 0 Å². The first kappa shape index (κ1) is 10.9. The van der Waals surface area contributed by atoms with Crippen LogP contribution >= 0.6 is 0 Å². The van der Waals surface area contributed by atoms with Gasteiger partial charge in [-0.3, -0.25) is 0 Å². The van der Waals surface area contributed by atoms with Gasteiger partial charge in [0.1, 0.15) is 0 Å². The van der Waals surface area contributed by atoms with E-state index in [9.17, 15) is 8.78 Å². The Morgan fingerprint density at radius 2 is 1.85 bits per heavy atom. The van der Waals surface area contributed by atoms with Crippen molar-refractivity contribution in [3.05, 3.63) is 0 Å². The molecule has 1 fully saturated rings. The fourth-order valence-corrected chi connectivity index (χ4v) is 2.49. The minimum absolute atomic E-state index is 0.125. The molecule has 1 aliphatic rings. The first-order valence-corrected chi connectivity index (χ1v) is 5.22. The summed E-state index contributed by atoms with van der Waals surface area (Å²) in [5.74, 6) is -2.07. The van der Waals surface area contributed by atoms with Crippen LogP contribution in [0, 0.1) is 11.3 Å². The van der Waals surface area contributed by atoms with E-state index >= 15 is 0 Å². The summed E-state index contributed by atoms with van der Waals surface area (Å²) in [6.45, 7) is 6.52. The summed E-state index contributed by atoms with van der Waals surface area (Å²) in [5.41, 5.74) is 0.260. The van der Waals surface area contributed by atoms with E-state index in [4.69, 9.17) is 0 Å². The highest BCUT2D eigenvalue weighted by atomic mass is 19.3. The van der Waals surface area contributed by atoms with Gasteiger partial charge in [-0.25, -0.2) is 8.78 Å². The summed E-state index contributed by atoms with van der Waals surface area (Å²) < 4.78 is 25.1. The van der Waals surface area contributed by atoms with Gasteiger partial charge in [0.15, 0.2) is 0 Å². The van der Waals surface area contributed by atoms with Crippen molar-refractivity contribution in [3.63, 3.8) is 0 Å². The first-order chi connectivity index (χ1) is 5.85. The molecule has 78 valence electrons. The Hall–Kier alpha value is -0.140. The number of alkyl halides is 2. The zero-order chi connectivity index (χ0) is 10.1. The molecule has 0 radical (unpaired) electrons. The number of rotatable bonds is 4. The van der Waals surface area contributed by atoms with Gasteiger partial charge in [0.2, 0.25) is 5.92 Å². The third-order valence-electron chi connectivity index (χ3n) is 2.94. The third kappa shape index (κ3) is 3.24. The van der Waals surface area contributed by atoms with Gasteiger partial charge in [-0.15, -0.1) is 0 Å². The van der Waals surface area contributed by atoms with Gasteiger partial charge in [0.05, 0.1) is 0 Å². The Kier molecular flexibility index (Phi) is 2.98. The molecule has 0 nitrogen and oxygen atoms in total. The normalized spacial score (nSPS) is 22.8. The molecule has 0 aromatic carbocycles. The molecule has 0 bridgehead atoms. The molecule has 0 aromatic heterocycles. The lowest BCUT2D eigenvalue weighted by Crippen LogP contribution is -2.37. The van der Waals surface area contributed by atoms with Crippen molar-refractivity contribution in [2.45, 2.75) is 58.8 Å². The molecule has 0 unspecified atom stereocenters. The van der Waals surface area contributed by atoms with E-state index in [1.54, 1.807) is 0 Å². The second kappa shape index (κ2) is 3.55. The summed E-state index contributed by atoms with van der Waals surface area (Å²) in [6, 6.07) is 0. The summed E-state index contributed by atoms with van der Waals surface area (Å²) in [5, 5.41) is 0. The minimum atomic E-state index is -2.34. The van der Waals surface area contributed by atoms with Crippen molar-refractivity contribution in [1.29, 1.82) is 0 Å². The molecule has 1 saturated carbocycles. The standard InChI is InChI=1S/C11H20F2/c1-4-5-10(2,3)6-9-7-11(12,13)8-9/h9H,4-8H2,1-3H3. The van der Waals surface area contributed by atoms with Crippen LogP contribution in [0.3, 0.4) is 0 Å². The molecule has 1 rings (SSSR count). The van der Waals surface area contributed by atoms with Crippen LogP contribution in [0.1, 0.15) is 52.9 Å². The summed E-state index contributed by atoms with van der Waals surface area (Å²) in [4.78, 5) is 0. The van der Waals surface area contributed by atoms with Crippen LogP contribution < -0.4 is 0 Å². The third-order valence-corrected chi connectivity index (χ3v) is 2.94. The van der Waals surface area contributed by atoms with Crippen molar-refractivity contribution in [2.24, 2.45) is 11.3 Å². The Morgan fingerprint density at radius 3 is 2.23 bits per heavy atom. The molecule has 0 saturated heterocycles. The van der Waals surface area contributed by atoms with Crippen LogP contribution in [0.15, 0.2) is 0 Å².